The molecule has 0 bridgehead atoms. The number of carboxylic acid groups (broad SMARTS) is 1. The van der Waals surface area contributed by atoms with Gasteiger partial charge >= 0.3 is 6.09 Å². The molecule has 1 saturated heterocycles. The lowest BCUT2D eigenvalue weighted by molar-refractivity contribution is 0.180. The molecule has 1 aromatic carbocycles. The summed E-state index contributed by atoms with van der Waals surface area (Å²) in [6.45, 7) is 4.70. The molecule has 2 heterocycles. The van der Waals surface area contributed by atoms with Gasteiger partial charge in [0, 0.05) is 19.6 Å². The molecule has 1 fully saturated rings. The lowest BCUT2D eigenvalue weighted by Crippen LogP contribution is -2.43. The van der Waals surface area contributed by atoms with Gasteiger partial charge in [0.2, 0.25) is 10.0 Å². The maximum absolute atomic E-state index is 12.0. The van der Waals surface area contributed by atoms with Gasteiger partial charge in [-0.1, -0.05) is 17.3 Å². The zero-order valence-electron chi connectivity index (χ0n) is 17.1. The molecule has 1 amide bonds. The second-order valence-electron chi connectivity index (χ2n) is 7.51. The van der Waals surface area contributed by atoms with Crippen LogP contribution in [-0.4, -0.2) is 73.6 Å². The van der Waals surface area contributed by atoms with Crippen molar-refractivity contribution < 1.29 is 22.8 Å². The van der Waals surface area contributed by atoms with Gasteiger partial charge in [0.15, 0.2) is 5.82 Å². The molecule has 0 saturated carbocycles. The maximum Gasteiger partial charge on any atom is 0.411 e. The highest BCUT2D eigenvalue weighted by molar-refractivity contribution is 7.88. The number of rotatable bonds is 8. The van der Waals surface area contributed by atoms with Crippen molar-refractivity contribution in [2.24, 2.45) is 5.92 Å². The zero-order valence-corrected chi connectivity index (χ0v) is 17.9. The van der Waals surface area contributed by atoms with E-state index in [-0.39, 0.29) is 5.92 Å². The van der Waals surface area contributed by atoms with Crippen LogP contribution in [0, 0.1) is 12.8 Å². The summed E-state index contributed by atoms with van der Waals surface area (Å²) in [6.07, 6.45) is 1.79. The Hall–Kier alpha value is -2.50. The summed E-state index contributed by atoms with van der Waals surface area (Å²) in [7, 11) is -3.18. The van der Waals surface area contributed by atoms with Crippen LogP contribution in [0.1, 0.15) is 18.7 Å². The van der Waals surface area contributed by atoms with E-state index in [1.54, 1.807) is 31.2 Å². The standard InChI is InChI=1S/C19H27N5O5S/c1-14-21-18(29-22-14)16-5-3-4-6-17(16)24(19(25)26)13-15-7-10-23(11-8-15)12-9-20-30(2,27)28/h3-6,15,20H,7-13H2,1-2H3,(H,25,26). The zero-order chi connectivity index (χ0) is 21.7. The molecule has 0 atom stereocenters. The van der Waals surface area contributed by atoms with E-state index in [0.717, 1.165) is 32.2 Å². The molecule has 30 heavy (non-hydrogen) atoms. The van der Waals surface area contributed by atoms with Crippen molar-refractivity contribution in [1.82, 2.24) is 19.8 Å². The summed E-state index contributed by atoms with van der Waals surface area (Å²) in [6, 6.07) is 7.11. The summed E-state index contributed by atoms with van der Waals surface area (Å²) in [4.78, 5) is 19.8. The van der Waals surface area contributed by atoms with Crippen LogP contribution in [0.4, 0.5) is 10.5 Å². The van der Waals surface area contributed by atoms with Gasteiger partial charge in [0.05, 0.1) is 17.5 Å². The van der Waals surface area contributed by atoms with Crippen molar-refractivity contribution >= 4 is 21.8 Å². The van der Waals surface area contributed by atoms with E-state index in [9.17, 15) is 18.3 Å². The fourth-order valence-electron chi connectivity index (χ4n) is 3.62. The van der Waals surface area contributed by atoms with E-state index >= 15 is 0 Å². The first-order valence-corrected chi connectivity index (χ1v) is 11.7. The smallest absolute Gasteiger partial charge is 0.411 e. The molecule has 164 valence electrons. The average molecular weight is 438 g/mol. The molecule has 1 aromatic heterocycles. The molecule has 0 aliphatic carbocycles. The van der Waals surface area contributed by atoms with E-state index in [1.165, 1.54) is 4.90 Å². The van der Waals surface area contributed by atoms with E-state index in [4.69, 9.17) is 4.52 Å². The fraction of sp³-hybridized carbons (Fsp3) is 0.526. The molecule has 0 spiro atoms. The number of aromatic nitrogens is 2. The third-order valence-corrected chi connectivity index (χ3v) is 5.85. The third kappa shape index (κ3) is 6.00. The molecule has 0 unspecified atom stereocenters. The third-order valence-electron chi connectivity index (χ3n) is 5.12. The van der Waals surface area contributed by atoms with E-state index in [1.807, 2.05) is 0 Å². The molecule has 2 aromatic rings. The Morgan fingerprint density at radius 1 is 1.33 bits per heavy atom. The number of hydrogen-bond donors (Lipinski definition) is 2. The van der Waals surface area contributed by atoms with Crippen LogP contribution in [0.2, 0.25) is 0 Å². The van der Waals surface area contributed by atoms with E-state index < -0.39 is 16.1 Å². The van der Waals surface area contributed by atoms with Crippen molar-refractivity contribution in [2.75, 3.05) is 43.9 Å². The number of likely N-dealkylation sites (tertiary alicyclic amines) is 1. The van der Waals surface area contributed by atoms with Crippen molar-refractivity contribution in [1.29, 1.82) is 0 Å². The van der Waals surface area contributed by atoms with Crippen LogP contribution in [0.15, 0.2) is 28.8 Å². The average Bonchev–Trinajstić information content (AvgIpc) is 3.12. The fourth-order valence-corrected chi connectivity index (χ4v) is 4.08. The normalized spacial score (nSPS) is 15.9. The molecule has 11 heteroatoms. The summed E-state index contributed by atoms with van der Waals surface area (Å²) >= 11 is 0. The number of nitrogens with zero attached hydrogens (tertiary/aromatic N) is 4. The summed E-state index contributed by atoms with van der Waals surface area (Å²) in [5.41, 5.74) is 1.11. The number of benzene rings is 1. The Kier molecular flexibility index (Phi) is 7.06. The largest absolute Gasteiger partial charge is 0.465 e. The molecule has 1 aliphatic rings. The lowest BCUT2D eigenvalue weighted by atomic mass is 9.95. The van der Waals surface area contributed by atoms with Gasteiger partial charge < -0.3 is 14.5 Å². The minimum absolute atomic E-state index is 0.206. The monoisotopic (exact) mass is 437 g/mol. The predicted molar refractivity (Wildman–Crippen MR) is 112 cm³/mol. The molecule has 2 N–H and O–H groups in total. The first-order chi connectivity index (χ1) is 14.2. The quantitative estimate of drug-likeness (QED) is 0.639. The second-order valence-corrected chi connectivity index (χ2v) is 9.34. The van der Waals surface area contributed by atoms with Crippen LogP contribution in [-0.2, 0) is 10.0 Å². The van der Waals surface area contributed by atoms with Gasteiger partial charge in [-0.15, -0.1) is 0 Å². The van der Waals surface area contributed by atoms with Gasteiger partial charge in [-0.25, -0.2) is 17.9 Å². The van der Waals surface area contributed by atoms with Crippen molar-refractivity contribution in [3.63, 3.8) is 0 Å². The Balaban J connectivity index is 1.64. The summed E-state index contributed by atoms with van der Waals surface area (Å²) in [5.74, 6) is 0.986. The number of anilines is 1. The van der Waals surface area contributed by atoms with Crippen molar-refractivity contribution in [2.45, 2.75) is 19.8 Å². The van der Waals surface area contributed by atoms with Crippen molar-refractivity contribution in [3.05, 3.63) is 30.1 Å². The molecule has 1 aliphatic heterocycles. The first kappa shape index (κ1) is 22.2. The second kappa shape index (κ2) is 9.54. The van der Waals surface area contributed by atoms with Gasteiger partial charge in [-0.2, -0.15) is 4.98 Å². The number of amides is 1. The number of aryl methyl sites for hydroxylation is 1. The molecular formula is C19H27N5O5S. The van der Waals surface area contributed by atoms with E-state index in [0.29, 0.717) is 42.6 Å². The number of carbonyl (C=O) groups is 1. The number of sulfonamides is 1. The minimum atomic E-state index is -3.18. The lowest BCUT2D eigenvalue weighted by Gasteiger charge is -2.34. The van der Waals surface area contributed by atoms with E-state index in [2.05, 4.69) is 19.8 Å². The van der Waals surface area contributed by atoms with Gasteiger partial charge in [-0.3, -0.25) is 4.90 Å². The Bertz CT molecular complexity index is 969. The first-order valence-electron chi connectivity index (χ1n) is 9.80. The summed E-state index contributed by atoms with van der Waals surface area (Å²) < 4.78 is 30.1. The number of para-hydroxylation sites is 1. The highest BCUT2D eigenvalue weighted by Crippen LogP contribution is 2.31. The van der Waals surface area contributed by atoms with Crippen LogP contribution < -0.4 is 9.62 Å². The van der Waals surface area contributed by atoms with Crippen LogP contribution in [0.5, 0.6) is 0 Å². The number of hydrogen-bond acceptors (Lipinski definition) is 7. The molecule has 3 rings (SSSR count). The van der Waals surface area contributed by atoms with Crippen LogP contribution in [0.3, 0.4) is 0 Å². The minimum Gasteiger partial charge on any atom is -0.465 e. The topological polar surface area (TPSA) is 129 Å². The molecule has 10 nitrogen and oxygen atoms in total. The van der Waals surface area contributed by atoms with Crippen LogP contribution >= 0.6 is 0 Å². The Morgan fingerprint density at radius 3 is 2.63 bits per heavy atom. The molecular weight excluding hydrogens is 410 g/mol. The van der Waals surface area contributed by atoms with Gasteiger partial charge in [-0.05, 0) is 50.9 Å². The van der Waals surface area contributed by atoms with Gasteiger partial charge in [0.25, 0.3) is 5.89 Å². The number of nitrogens with one attached hydrogen (secondary N) is 1. The number of piperidine rings is 1. The highest BCUT2D eigenvalue weighted by atomic mass is 32.2. The summed E-state index contributed by atoms with van der Waals surface area (Å²) in [5, 5.41) is 13.7. The maximum atomic E-state index is 12.0. The SMILES string of the molecule is Cc1noc(-c2ccccc2N(CC2CCN(CCNS(C)(=O)=O)CC2)C(=O)O)n1. The van der Waals surface area contributed by atoms with Crippen molar-refractivity contribution in [3.8, 4) is 11.5 Å². The Labute approximate surface area is 175 Å². The van der Waals surface area contributed by atoms with Crippen LogP contribution in [0.25, 0.3) is 11.5 Å². The highest BCUT2D eigenvalue weighted by Gasteiger charge is 2.27. The molecule has 0 radical (unpaired) electrons. The van der Waals surface area contributed by atoms with Gasteiger partial charge in [0.1, 0.15) is 0 Å². The Morgan fingerprint density at radius 2 is 2.03 bits per heavy atom. The predicted octanol–water partition coefficient (Wildman–Crippen LogP) is 1.79.